The lowest BCUT2D eigenvalue weighted by molar-refractivity contribution is -0.199. The first-order chi connectivity index (χ1) is 17.4. The summed E-state index contributed by atoms with van der Waals surface area (Å²) in [6.45, 7) is 5.33. The Labute approximate surface area is 214 Å². The fourth-order valence-corrected chi connectivity index (χ4v) is 6.96. The average molecular weight is 512 g/mol. The highest BCUT2D eigenvalue weighted by Crippen LogP contribution is 2.47. The van der Waals surface area contributed by atoms with Gasteiger partial charge in [0.05, 0.1) is 12.9 Å². The second-order valence-corrected chi connectivity index (χ2v) is 11.3. The molecule has 0 bridgehead atoms. The molecule has 1 aliphatic carbocycles. The van der Waals surface area contributed by atoms with Crippen molar-refractivity contribution in [1.82, 2.24) is 19.5 Å². The van der Waals surface area contributed by atoms with Gasteiger partial charge < -0.3 is 24.2 Å². The molecule has 190 valence electrons. The second kappa shape index (κ2) is 8.10. The molecule has 1 unspecified atom stereocenters. The summed E-state index contributed by atoms with van der Waals surface area (Å²) >= 11 is 6.48. The van der Waals surface area contributed by atoms with E-state index >= 15 is 0 Å². The Bertz CT molecular complexity index is 1330. The molecule has 10 heteroatoms. The zero-order valence-electron chi connectivity index (χ0n) is 20.4. The van der Waals surface area contributed by atoms with Crippen LogP contribution in [0, 0.1) is 0 Å². The quantitative estimate of drug-likeness (QED) is 0.535. The summed E-state index contributed by atoms with van der Waals surface area (Å²) in [5.41, 5.74) is 4.34. The van der Waals surface area contributed by atoms with E-state index in [0.29, 0.717) is 11.2 Å². The standard InChI is InChI=1S/C26H30ClN5O4/c1-25(2)35-19-17(12-33)34-23(20(19)36-25)32-14-28-18-21(29-24(27)30-22(18)32)31-11-10-26(13-31)9-5-7-15-6-3-4-8-16(15)26/h3-4,6,8,14,17,19-20,23,33H,5,7,9-13H2,1-2H3/t17-,19-,20-,23-,26?/m1/s1. The van der Waals surface area contributed by atoms with Crippen LogP contribution in [0.4, 0.5) is 5.82 Å². The molecule has 3 fully saturated rings. The molecule has 36 heavy (non-hydrogen) atoms. The molecule has 0 amide bonds. The van der Waals surface area contributed by atoms with E-state index in [2.05, 4.69) is 39.1 Å². The summed E-state index contributed by atoms with van der Waals surface area (Å²) < 4.78 is 20.2. The monoisotopic (exact) mass is 511 g/mol. The van der Waals surface area contributed by atoms with Crippen LogP contribution >= 0.6 is 11.6 Å². The van der Waals surface area contributed by atoms with E-state index in [-0.39, 0.29) is 23.4 Å². The van der Waals surface area contributed by atoms with Gasteiger partial charge >= 0.3 is 0 Å². The molecule has 0 radical (unpaired) electrons. The van der Waals surface area contributed by atoms with Gasteiger partial charge in [-0.15, -0.1) is 0 Å². The number of nitrogens with zero attached hydrogens (tertiary/aromatic N) is 5. The van der Waals surface area contributed by atoms with Crippen molar-refractivity contribution in [1.29, 1.82) is 0 Å². The lowest BCUT2D eigenvalue weighted by atomic mass is 9.69. The molecule has 5 atom stereocenters. The highest BCUT2D eigenvalue weighted by molar-refractivity contribution is 6.28. The molecule has 3 aliphatic heterocycles. The first-order valence-corrected chi connectivity index (χ1v) is 13.1. The summed E-state index contributed by atoms with van der Waals surface area (Å²) in [6, 6.07) is 8.86. The van der Waals surface area contributed by atoms with Crippen LogP contribution in [-0.2, 0) is 26.0 Å². The fourth-order valence-electron chi connectivity index (χ4n) is 6.80. The first-order valence-electron chi connectivity index (χ1n) is 12.7. The van der Waals surface area contributed by atoms with Crippen molar-refractivity contribution in [2.45, 2.75) is 75.3 Å². The zero-order chi connectivity index (χ0) is 24.7. The highest BCUT2D eigenvalue weighted by Gasteiger charge is 2.56. The number of hydrogen-bond donors (Lipinski definition) is 1. The average Bonchev–Trinajstić information content (AvgIpc) is 3.61. The predicted molar refractivity (Wildman–Crippen MR) is 133 cm³/mol. The summed E-state index contributed by atoms with van der Waals surface area (Å²) in [6.07, 6.45) is 4.46. The Balaban J connectivity index is 1.25. The Kier molecular flexibility index (Phi) is 5.14. The molecule has 3 saturated heterocycles. The van der Waals surface area contributed by atoms with E-state index in [4.69, 9.17) is 30.8 Å². The van der Waals surface area contributed by atoms with Crippen molar-refractivity contribution in [2.75, 3.05) is 24.6 Å². The van der Waals surface area contributed by atoms with Gasteiger partial charge in [-0.1, -0.05) is 24.3 Å². The van der Waals surface area contributed by atoms with Crippen molar-refractivity contribution in [3.63, 3.8) is 0 Å². The maximum Gasteiger partial charge on any atom is 0.226 e. The third-order valence-electron chi connectivity index (χ3n) is 8.30. The van der Waals surface area contributed by atoms with E-state index in [1.807, 2.05) is 18.4 Å². The number of benzene rings is 1. The van der Waals surface area contributed by atoms with Crippen LogP contribution in [0.3, 0.4) is 0 Å². The predicted octanol–water partition coefficient (Wildman–Crippen LogP) is 3.37. The Morgan fingerprint density at radius 2 is 1.97 bits per heavy atom. The largest absolute Gasteiger partial charge is 0.394 e. The van der Waals surface area contributed by atoms with Crippen LogP contribution in [0.25, 0.3) is 11.2 Å². The molecular weight excluding hydrogens is 482 g/mol. The van der Waals surface area contributed by atoms with Crippen molar-refractivity contribution in [3.8, 4) is 0 Å². The maximum atomic E-state index is 9.90. The van der Waals surface area contributed by atoms with Crippen molar-refractivity contribution < 1.29 is 19.3 Å². The number of imidazole rings is 1. The number of aliphatic hydroxyl groups excluding tert-OH is 1. The van der Waals surface area contributed by atoms with Crippen LogP contribution in [0.5, 0.6) is 0 Å². The Morgan fingerprint density at radius 3 is 2.83 bits per heavy atom. The lowest BCUT2D eigenvalue weighted by Crippen LogP contribution is -2.35. The molecule has 2 aromatic heterocycles. The number of fused-ring (bicyclic) bond motifs is 4. The minimum atomic E-state index is -0.765. The Hall–Kier alpha value is -2.30. The van der Waals surface area contributed by atoms with Crippen molar-refractivity contribution in [2.24, 2.45) is 0 Å². The summed E-state index contributed by atoms with van der Waals surface area (Å²) in [4.78, 5) is 16.2. The van der Waals surface area contributed by atoms with Gasteiger partial charge in [0.2, 0.25) is 5.28 Å². The van der Waals surface area contributed by atoms with E-state index < -0.39 is 24.2 Å². The number of rotatable bonds is 3. The molecule has 7 rings (SSSR count). The second-order valence-electron chi connectivity index (χ2n) is 10.9. The molecule has 5 heterocycles. The van der Waals surface area contributed by atoms with E-state index in [9.17, 15) is 5.11 Å². The molecule has 1 spiro atoms. The van der Waals surface area contributed by atoms with Gasteiger partial charge in [-0.25, -0.2) is 4.98 Å². The van der Waals surface area contributed by atoms with Crippen LogP contribution in [0.2, 0.25) is 5.28 Å². The molecule has 9 nitrogen and oxygen atoms in total. The minimum Gasteiger partial charge on any atom is -0.394 e. The molecule has 1 aromatic carbocycles. The molecule has 3 aromatic rings. The van der Waals surface area contributed by atoms with Crippen molar-refractivity contribution in [3.05, 3.63) is 47.0 Å². The number of ether oxygens (including phenoxy) is 3. The van der Waals surface area contributed by atoms with Gasteiger partial charge in [0.15, 0.2) is 29.0 Å². The lowest BCUT2D eigenvalue weighted by Gasteiger charge is -2.36. The number of anilines is 1. The Morgan fingerprint density at radius 1 is 1.14 bits per heavy atom. The number of aliphatic hydroxyl groups is 1. The summed E-state index contributed by atoms with van der Waals surface area (Å²) in [5, 5.41) is 10.1. The number of aryl methyl sites for hydroxylation is 1. The topological polar surface area (TPSA) is 94.8 Å². The number of halogens is 1. The number of aromatic nitrogens is 4. The third-order valence-corrected chi connectivity index (χ3v) is 8.47. The summed E-state index contributed by atoms with van der Waals surface area (Å²) in [7, 11) is 0. The smallest absolute Gasteiger partial charge is 0.226 e. The van der Waals surface area contributed by atoms with Crippen LogP contribution in [0.15, 0.2) is 30.6 Å². The molecule has 1 N–H and O–H groups in total. The third kappa shape index (κ3) is 3.40. The first kappa shape index (κ1) is 22.9. The SMILES string of the molecule is CC1(C)O[C@@H]2[C@H](O1)[C@@H](CO)O[C@H]2n1cnc2c(N3CCC4(CCCc5ccccc54)C3)nc(Cl)nc21. The van der Waals surface area contributed by atoms with Crippen LogP contribution in [-0.4, -0.2) is 68.4 Å². The molecule has 0 saturated carbocycles. The normalized spacial score (nSPS) is 32.9. The fraction of sp³-hybridized carbons (Fsp3) is 0.577. The molecular formula is C26H30ClN5O4. The number of hydrogen-bond acceptors (Lipinski definition) is 8. The zero-order valence-corrected chi connectivity index (χ0v) is 21.2. The van der Waals surface area contributed by atoms with E-state index in [0.717, 1.165) is 31.7 Å². The summed E-state index contributed by atoms with van der Waals surface area (Å²) in [5.74, 6) is -0.0140. The van der Waals surface area contributed by atoms with Crippen LogP contribution in [0.1, 0.15) is 50.5 Å². The van der Waals surface area contributed by atoms with Crippen molar-refractivity contribution >= 4 is 28.6 Å². The van der Waals surface area contributed by atoms with E-state index in [1.54, 1.807) is 6.33 Å². The van der Waals surface area contributed by atoms with Gasteiger partial charge in [0.25, 0.3) is 0 Å². The van der Waals surface area contributed by atoms with Gasteiger partial charge in [0.1, 0.15) is 18.3 Å². The molecule has 4 aliphatic rings. The van der Waals surface area contributed by atoms with E-state index in [1.165, 1.54) is 24.0 Å². The highest BCUT2D eigenvalue weighted by atomic mass is 35.5. The minimum absolute atomic E-state index is 0.123. The maximum absolute atomic E-state index is 9.90. The van der Waals surface area contributed by atoms with Gasteiger partial charge in [-0.2, -0.15) is 9.97 Å². The van der Waals surface area contributed by atoms with Gasteiger partial charge in [-0.05, 0) is 62.3 Å². The van der Waals surface area contributed by atoms with Gasteiger partial charge in [-0.3, -0.25) is 4.57 Å². The van der Waals surface area contributed by atoms with Crippen LogP contribution < -0.4 is 4.90 Å². The van der Waals surface area contributed by atoms with Gasteiger partial charge in [0, 0.05) is 18.5 Å².